The molecule has 1 aromatic carbocycles. The first-order valence-electron chi connectivity index (χ1n) is 6.97. The number of carbonyl (C=O) groups is 3. The predicted octanol–water partition coefficient (Wildman–Crippen LogP) is 0.718. The van der Waals surface area contributed by atoms with Crippen LogP contribution in [-0.2, 0) is 16.1 Å². The van der Waals surface area contributed by atoms with Crippen molar-refractivity contribution in [1.29, 1.82) is 0 Å². The van der Waals surface area contributed by atoms with Crippen LogP contribution in [0.2, 0.25) is 0 Å². The normalized spacial score (nSPS) is 21.6. The highest BCUT2D eigenvalue weighted by molar-refractivity contribution is 5.95. The summed E-state index contributed by atoms with van der Waals surface area (Å²) >= 11 is 0. The van der Waals surface area contributed by atoms with Crippen molar-refractivity contribution in [3.8, 4) is 0 Å². The summed E-state index contributed by atoms with van der Waals surface area (Å²) in [6.45, 7) is 1.01. The molecular formula is C15H16N2O4. The van der Waals surface area contributed by atoms with E-state index in [-0.39, 0.29) is 36.5 Å². The van der Waals surface area contributed by atoms with Crippen LogP contribution in [0, 0.1) is 0 Å². The van der Waals surface area contributed by atoms with Gasteiger partial charge in [-0.25, -0.2) is 4.79 Å². The maximum atomic E-state index is 12.4. The number of aromatic carboxylic acids is 1. The minimum atomic E-state index is -1.00. The first kappa shape index (κ1) is 13.6. The molecule has 1 unspecified atom stereocenters. The Kier molecular flexibility index (Phi) is 3.37. The lowest BCUT2D eigenvalue weighted by Gasteiger charge is -2.36. The molecule has 1 aromatic rings. The topological polar surface area (TPSA) is 77.9 Å². The summed E-state index contributed by atoms with van der Waals surface area (Å²) in [5.74, 6) is -1.06. The molecule has 2 saturated heterocycles. The molecule has 3 rings (SSSR count). The summed E-state index contributed by atoms with van der Waals surface area (Å²) in [4.78, 5) is 38.6. The first-order chi connectivity index (χ1) is 10.1. The molecule has 0 radical (unpaired) electrons. The van der Waals surface area contributed by atoms with Crippen LogP contribution >= 0.6 is 0 Å². The van der Waals surface area contributed by atoms with E-state index in [2.05, 4.69) is 0 Å². The van der Waals surface area contributed by atoms with Crippen molar-refractivity contribution in [3.63, 3.8) is 0 Å². The molecule has 2 aliphatic rings. The Morgan fingerprint density at radius 1 is 1.33 bits per heavy atom. The molecular weight excluding hydrogens is 272 g/mol. The van der Waals surface area contributed by atoms with E-state index in [0.29, 0.717) is 6.54 Å². The lowest BCUT2D eigenvalue weighted by molar-refractivity contribution is -0.154. The third-order valence-corrected chi connectivity index (χ3v) is 4.04. The third kappa shape index (κ3) is 2.49. The van der Waals surface area contributed by atoms with Gasteiger partial charge in [0, 0.05) is 13.1 Å². The Balaban J connectivity index is 1.78. The second-order valence-corrected chi connectivity index (χ2v) is 5.44. The molecule has 6 heteroatoms. The minimum absolute atomic E-state index is 0.0218. The molecule has 1 atom stereocenters. The zero-order valence-corrected chi connectivity index (χ0v) is 11.5. The Bertz CT molecular complexity index is 613. The number of rotatable bonds is 3. The number of carboxylic acids is 1. The number of fused-ring (bicyclic) bond motifs is 1. The van der Waals surface area contributed by atoms with E-state index in [4.69, 9.17) is 5.11 Å². The highest BCUT2D eigenvalue weighted by Crippen LogP contribution is 2.24. The number of carboxylic acid groups (broad SMARTS) is 1. The van der Waals surface area contributed by atoms with Crippen molar-refractivity contribution < 1.29 is 19.5 Å². The van der Waals surface area contributed by atoms with Crippen molar-refractivity contribution in [2.75, 3.05) is 13.1 Å². The van der Waals surface area contributed by atoms with Gasteiger partial charge in [0.25, 0.3) is 0 Å². The van der Waals surface area contributed by atoms with Gasteiger partial charge in [0.1, 0.15) is 12.6 Å². The molecule has 0 aromatic heterocycles. The van der Waals surface area contributed by atoms with Crippen LogP contribution in [0.3, 0.4) is 0 Å². The van der Waals surface area contributed by atoms with Gasteiger partial charge < -0.3 is 14.9 Å². The monoisotopic (exact) mass is 288 g/mol. The van der Waals surface area contributed by atoms with Gasteiger partial charge in [-0.1, -0.05) is 12.1 Å². The standard InChI is InChI=1S/C15H16N2O4/c18-13-9-16(14(19)12-5-2-6-17(12)13)8-10-3-1-4-11(7-10)15(20)21/h1,3-4,7,12H,2,5-6,8-9H2,(H,20,21). The van der Waals surface area contributed by atoms with Crippen molar-refractivity contribution in [3.05, 3.63) is 35.4 Å². The van der Waals surface area contributed by atoms with E-state index < -0.39 is 5.97 Å². The highest BCUT2D eigenvalue weighted by Gasteiger charge is 2.41. The summed E-state index contributed by atoms with van der Waals surface area (Å²) in [7, 11) is 0. The second kappa shape index (κ2) is 5.20. The Morgan fingerprint density at radius 3 is 2.90 bits per heavy atom. The molecule has 2 heterocycles. The number of benzene rings is 1. The zero-order chi connectivity index (χ0) is 15.0. The van der Waals surface area contributed by atoms with Crippen LogP contribution in [0.25, 0.3) is 0 Å². The Labute approximate surface area is 122 Å². The SMILES string of the molecule is O=C(O)c1cccc(CN2CC(=O)N3CCCC3C2=O)c1. The van der Waals surface area contributed by atoms with Gasteiger partial charge in [-0.3, -0.25) is 9.59 Å². The van der Waals surface area contributed by atoms with Gasteiger partial charge in [-0.05, 0) is 30.5 Å². The van der Waals surface area contributed by atoms with E-state index >= 15 is 0 Å². The lowest BCUT2D eigenvalue weighted by atomic mass is 10.1. The molecule has 110 valence electrons. The van der Waals surface area contributed by atoms with Gasteiger partial charge in [0.2, 0.25) is 11.8 Å². The molecule has 21 heavy (non-hydrogen) atoms. The Hall–Kier alpha value is -2.37. The fraction of sp³-hybridized carbons (Fsp3) is 0.400. The van der Waals surface area contributed by atoms with E-state index in [1.54, 1.807) is 23.1 Å². The summed E-state index contributed by atoms with van der Waals surface area (Å²) < 4.78 is 0. The number of carbonyl (C=O) groups excluding carboxylic acids is 2. The van der Waals surface area contributed by atoms with Crippen molar-refractivity contribution >= 4 is 17.8 Å². The van der Waals surface area contributed by atoms with Gasteiger partial charge >= 0.3 is 5.97 Å². The van der Waals surface area contributed by atoms with Crippen molar-refractivity contribution in [1.82, 2.24) is 9.80 Å². The smallest absolute Gasteiger partial charge is 0.335 e. The molecule has 0 bridgehead atoms. The average molecular weight is 288 g/mol. The van der Waals surface area contributed by atoms with Crippen LogP contribution < -0.4 is 0 Å². The fourth-order valence-electron chi connectivity index (χ4n) is 3.02. The molecule has 6 nitrogen and oxygen atoms in total. The number of amides is 2. The molecule has 0 saturated carbocycles. The van der Waals surface area contributed by atoms with Crippen LogP contribution in [0.5, 0.6) is 0 Å². The summed E-state index contributed by atoms with van der Waals surface area (Å²) in [6, 6.07) is 6.14. The van der Waals surface area contributed by atoms with Gasteiger partial charge in [0.15, 0.2) is 0 Å². The largest absolute Gasteiger partial charge is 0.478 e. The van der Waals surface area contributed by atoms with Crippen molar-refractivity contribution in [2.45, 2.75) is 25.4 Å². The van der Waals surface area contributed by atoms with Crippen LogP contribution in [-0.4, -0.2) is 51.8 Å². The molecule has 2 aliphatic heterocycles. The van der Waals surface area contributed by atoms with E-state index in [1.807, 2.05) is 0 Å². The van der Waals surface area contributed by atoms with Crippen LogP contribution in [0.4, 0.5) is 0 Å². The summed E-state index contributed by atoms with van der Waals surface area (Å²) in [6.07, 6.45) is 1.58. The molecule has 1 N–H and O–H groups in total. The van der Waals surface area contributed by atoms with E-state index in [1.165, 1.54) is 11.0 Å². The minimum Gasteiger partial charge on any atom is -0.478 e. The van der Waals surface area contributed by atoms with Gasteiger partial charge in [-0.2, -0.15) is 0 Å². The molecule has 2 fully saturated rings. The van der Waals surface area contributed by atoms with Gasteiger partial charge in [-0.15, -0.1) is 0 Å². The third-order valence-electron chi connectivity index (χ3n) is 4.04. The molecule has 0 spiro atoms. The number of nitrogens with zero attached hydrogens (tertiary/aromatic N) is 2. The zero-order valence-electron chi connectivity index (χ0n) is 11.5. The maximum Gasteiger partial charge on any atom is 0.335 e. The number of piperazine rings is 1. The van der Waals surface area contributed by atoms with Gasteiger partial charge in [0.05, 0.1) is 5.56 Å². The quantitative estimate of drug-likeness (QED) is 0.889. The first-order valence-corrected chi connectivity index (χ1v) is 6.97. The second-order valence-electron chi connectivity index (χ2n) is 5.44. The highest BCUT2D eigenvalue weighted by atomic mass is 16.4. The number of hydrogen-bond donors (Lipinski definition) is 1. The van der Waals surface area contributed by atoms with E-state index in [0.717, 1.165) is 18.4 Å². The predicted molar refractivity (Wildman–Crippen MR) is 73.6 cm³/mol. The Morgan fingerprint density at radius 2 is 2.14 bits per heavy atom. The lowest BCUT2D eigenvalue weighted by Crippen LogP contribution is -2.56. The fourth-order valence-corrected chi connectivity index (χ4v) is 3.02. The molecule has 0 aliphatic carbocycles. The summed E-state index contributed by atoms with van der Waals surface area (Å²) in [5.41, 5.74) is 0.910. The van der Waals surface area contributed by atoms with E-state index in [9.17, 15) is 14.4 Å². The summed E-state index contributed by atoms with van der Waals surface area (Å²) in [5, 5.41) is 8.99. The number of hydrogen-bond acceptors (Lipinski definition) is 3. The average Bonchev–Trinajstić information content (AvgIpc) is 2.95. The van der Waals surface area contributed by atoms with Crippen LogP contribution in [0.15, 0.2) is 24.3 Å². The van der Waals surface area contributed by atoms with Crippen molar-refractivity contribution in [2.24, 2.45) is 0 Å². The maximum absolute atomic E-state index is 12.4. The van der Waals surface area contributed by atoms with Crippen LogP contribution in [0.1, 0.15) is 28.8 Å². The molecule has 2 amide bonds.